The Kier molecular flexibility index (Phi) is 2.73. The summed E-state index contributed by atoms with van der Waals surface area (Å²) in [6, 6.07) is 11.5. The summed E-state index contributed by atoms with van der Waals surface area (Å²) >= 11 is 3.38. The van der Waals surface area contributed by atoms with Crippen LogP contribution in [0.15, 0.2) is 45.7 Å². The van der Waals surface area contributed by atoms with Crippen LogP contribution in [0.2, 0.25) is 0 Å². The van der Waals surface area contributed by atoms with Gasteiger partial charge >= 0.3 is 0 Å². The lowest BCUT2D eigenvalue weighted by atomic mass is 10.1. The summed E-state index contributed by atoms with van der Waals surface area (Å²) in [5, 5.41) is 0. The minimum atomic E-state index is -0.0621. The maximum absolute atomic E-state index is 11.3. The molecule has 2 rings (SSSR count). The summed E-state index contributed by atoms with van der Waals surface area (Å²) in [6.07, 6.45) is 0. The second kappa shape index (κ2) is 4.03. The van der Waals surface area contributed by atoms with Gasteiger partial charge in [-0.15, -0.1) is 0 Å². The fourth-order valence-corrected chi connectivity index (χ4v) is 1.76. The summed E-state index contributed by atoms with van der Waals surface area (Å²) < 4.78 is 1.04. The van der Waals surface area contributed by atoms with E-state index in [1.54, 1.807) is 6.07 Å². The van der Waals surface area contributed by atoms with Crippen LogP contribution in [-0.2, 0) is 0 Å². The van der Waals surface area contributed by atoms with E-state index in [0.29, 0.717) is 0 Å². The maximum atomic E-state index is 11.3. The molecule has 76 valence electrons. The Morgan fingerprint density at radius 2 is 1.73 bits per heavy atom. The van der Waals surface area contributed by atoms with E-state index in [4.69, 9.17) is 0 Å². The van der Waals surface area contributed by atoms with Gasteiger partial charge in [-0.1, -0.05) is 28.1 Å². The van der Waals surface area contributed by atoms with Crippen molar-refractivity contribution < 1.29 is 0 Å². The number of aryl methyl sites for hydroxylation is 1. The molecule has 15 heavy (non-hydrogen) atoms. The highest BCUT2D eigenvalue weighted by molar-refractivity contribution is 9.10. The van der Waals surface area contributed by atoms with Crippen molar-refractivity contribution in [3.05, 3.63) is 56.9 Å². The smallest absolute Gasteiger partial charge is 0.248 e. The molecule has 1 aromatic carbocycles. The number of hydrogen-bond acceptors (Lipinski definition) is 1. The normalized spacial score (nSPS) is 10.3. The van der Waals surface area contributed by atoms with Gasteiger partial charge in [0.1, 0.15) is 0 Å². The highest BCUT2D eigenvalue weighted by Crippen LogP contribution is 2.20. The van der Waals surface area contributed by atoms with Crippen molar-refractivity contribution >= 4 is 15.9 Å². The van der Waals surface area contributed by atoms with Crippen molar-refractivity contribution in [3.63, 3.8) is 0 Å². The predicted molar refractivity (Wildman–Crippen MR) is 64.9 cm³/mol. The largest absolute Gasteiger partial charge is 0.326 e. The minimum absolute atomic E-state index is 0.0621. The van der Waals surface area contributed by atoms with Crippen molar-refractivity contribution in [2.45, 2.75) is 6.92 Å². The van der Waals surface area contributed by atoms with E-state index in [-0.39, 0.29) is 5.56 Å². The quantitative estimate of drug-likeness (QED) is 0.843. The van der Waals surface area contributed by atoms with Crippen LogP contribution in [-0.4, -0.2) is 4.98 Å². The topological polar surface area (TPSA) is 32.9 Å². The van der Waals surface area contributed by atoms with Crippen LogP contribution in [0.5, 0.6) is 0 Å². The number of nitrogens with one attached hydrogen (secondary N) is 1. The summed E-state index contributed by atoms with van der Waals surface area (Å²) in [4.78, 5) is 14.0. The molecule has 0 unspecified atom stereocenters. The van der Waals surface area contributed by atoms with Crippen molar-refractivity contribution in [2.24, 2.45) is 0 Å². The number of halogens is 1. The van der Waals surface area contributed by atoms with E-state index < -0.39 is 0 Å². The van der Waals surface area contributed by atoms with E-state index in [2.05, 4.69) is 20.9 Å². The SMILES string of the molecule is Cc1cc(-c2ccc(Br)cc2)cc(=O)[nH]1. The van der Waals surface area contributed by atoms with Crippen LogP contribution in [0.1, 0.15) is 5.69 Å². The molecule has 0 atom stereocenters. The molecule has 0 radical (unpaired) electrons. The molecule has 0 saturated heterocycles. The second-order valence-corrected chi connectivity index (χ2v) is 4.34. The predicted octanol–water partition coefficient (Wildman–Crippen LogP) is 3.11. The summed E-state index contributed by atoms with van der Waals surface area (Å²) in [6.45, 7) is 1.88. The van der Waals surface area contributed by atoms with Crippen molar-refractivity contribution in [2.75, 3.05) is 0 Å². The number of H-pyrrole nitrogens is 1. The highest BCUT2D eigenvalue weighted by Gasteiger charge is 1.99. The first-order chi connectivity index (χ1) is 7.15. The van der Waals surface area contributed by atoms with Crippen LogP contribution in [0.25, 0.3) is 11.1 Å². The first-order valence-corrected chi connectivity index (χ1v) is 5.41. The van der Waals surface area contributed by atoms with Gasteiger partial charge in [-0.05, 0) is 36.2 Å². The van der Waals surface area contributed by atoms with Gasteiger partial charge in [-0.3, -0.25) is 4.79 Å². The highest BCUT2D eigenvalue weighted by atomic mass is 79.9. The van der Waals surface area contributed by atoms with Gasteiger partial charge in [0.25, 0.3) is 0 Å². The fraction of sp³-hybridized carbons (Fsp3) is 0.0833. The standard InChI is InChI=1S/C12H10BrNO/c1-8-6-10(7-12(15)14-8)9-2-4-11(13)5-3-9/h2-7H,1H3,(H,14,15). The Bertz CT molecular complexity index is 528. The molecular weight excluding hydrogens is 254 g/mol. The molecule has 0 bridgehead atoms. The van der Waals surface area contributed by atoms with Crippen molar-refractivity contribution in [1.82, 2.24) is 4.98 Å². The average Bonchev–Trinajstić information content (AvgIpc) is 2.17. The summed E-state index contributed by atoms with van der Waals surface area (Å²) in [5.74, 6) is 0. The third kappa shape index (κ3) is 2.36. The number of hydrogen-bond donors (Lipinski definition) is 1. The molecule has 2 nitrogen and oxygen atoms in total. The molecule has 0 spiro atoms. The van der Waals surface area contributed by atoms with Gasteiger partial charge in [-0.2, -0.15) is 0 Å². The lowest BCUT2D eigenvalue weighted by molar-refractivity contribution is 1.14. The molecule has 1 heterocycles. The molecule has 0 fully saturated rings. The third-order valence-corrected chi connectivity index (χ3v) is 2.69. The van der Waals surface area contributed by atoms with Crippen LogP contribution in [0.3, 0.4) is 0 Å². The van der Waals surface area contributed by atoms with E-state index in [1.807, 2.05) is 37.3 Å². The monoisotopic (exact) mass is 263 g/mol. The fourth-order valence-electron chi connectivity index (χ4n) is 1.49. The first kappa shape index (κ1) is 10.2. The average molecular weight is 264 g/mol. The number of benzene rings is 1. The molecule has 1 N–H and O–H groups in total. The molecule has 2 aromatic rings. The lowest BCUT2D eigenvalue weighted by Crippen LogP contribution is -2.05. The number of pyridine rings is 1. The Hall–Kier alpha value is -1.35. The Morgan fingerprint density at radius 1 is 1.07 bits per heavy atom. The molecular formula is C12H10BrNO. The van der Waals surface area contributed by atoms with Crippen LogP contribution < -0.4 is 5.56 Å². The number of aromatic nitrogens is 1. The van der Waals surface area contributed by atoms with E-state index in [1.165, 1.54) is 0 Å². The second-order valence-electron chi connectivity index (χ2n) is 3.42. The Labute approximate surface area is 96.1 Å². The Morgan fingerprint density at radius 3 is 2.33 bits per heavy atom. The first-order valence-electron chi connectivity index (χ1n) is 4.62. The van der Waals surface area contributed by atoms with Crippen LogP contribution in [0, 0.1) is 6.92 Å². The third-order valence-electron chi connectivity index (χ3n) is 2.16. The summed E-state index contributed by atoms with van der Waals surface area (Å²) in [5.41, 5.74) is 2.81. The van der Waals surface area contributed by atoms with Gasteiger partial charge in [0.05, 0.1) is 0 Å². The maximum Gasteiger partial charge on any atom is 0.248 e. The molecule has 0 saturated carbocycles. The zero-order valence-electron chi connectivity index (χ0n) is 8.25. The lowest BCUT2D eigenvalue weighted by Gasteiger charge is -2.02. The molecule has 3 heteroatoms. The van der Waals surface area contributed by atoms with Gasteiger partial charge < -0.3 is 4.98 Å². The molecule has 0 amide bonds. The molecule has 1 aromatic heterocycles. The van der Waals surface area contributed by atoms with Gasteiger partial charge in [0, 0.05) is 16.2 Å². The molecule has 0 aliphatic carbocycles. The van der Waals surface area contributed by atoms with Gasteiger partial charge in [0.2, 0.25) is 5.56 Å². The van der Waals surface area contributed by atoms with E-state index in [0.717, 1.165) is 21.3 Å². The van der Waals surface area contributed by atoms with E-state index in [9.17, 15) is 4.79 Å². The molecule has 0 aliphatic heterocycles. The zero-order chi connectivity index (χ0) is 10.8. The number of rotatable bonds is 1. The van der Waals surface area contributed by atoms with E-state index >= 15 is 0 Å². The summed E-state index contributed by atoms with van der Waals surface area (Å²) in [7, 11) is 0. The minimum Gasteiger partial charge on any atom is -0.326 e. The number of aromatic amines is 1. The molecule has 0 aliphatic rings. The van der Waals surface area contributed by atoms with Gasteiger partial charge in [0.15, 0.2) is 0 Å². The van der Waals surface area contributed by atoms with Crippen LogP contribution >= 0.6 is 15.9 Å². The van der Waals surface area contributed by atoms with Crippen LogP contribution in [0.4, 0.5) is 0 Å². The Balaban J connectivity index is 2.54. The zero-order valence-corrected chi connectivity index (χ0v) is 9.84. The van der Waals surface area contributed by atoms with Crippen molar-refractivity contribution in [1.29, 1.82) is 0 Å². The van der Waals surface area contributed by atoms with Gasteiger partial charge in [-0.25, -0.2) is 0 Å². The van der Waals surface area contributed by atoms with Crippen molar-refractivity contribution in [3.8, 4) is 11.1 Å².